The van der Waals surface area contributed by atoms with Gasteiger partial charge in [0.2, 0.25) is 6.33 Å². The molecule has 0 fully saturated rings. The van der Waals surface area contributed by atoms with E-state index in [0.29, 0.717) is 11.1 Å². The molecule has 256 valence electrons. The normalized spacial score (nSPS) is 13.2. The van der Waals surface area contributed by atoms with Crippen molar-refractivity contribution in [3.8, 4) is 17.2 Å². The van der Waals surface area contributed by atoms with E-state index < -0.39 is 6.98 Å². The van der Waals surface area contributed by atoms with Crippen molar-refractivity contribution in [2.24, 2.45) is 6.98 Å². The Morgan fingerprint density at radius 3 is 2.06 bits per heavy atom. The van der Waals surface area contributed by atoms with Crippen LogP contribution in [0.2, 0.25) is 0 Å². The third-order valence-corrected chi connectivity index (χ3v) is 10.3. The highest BCUT2D eigenvalue weighted by Gasteiger charge is 2.20. The SMILES string of the molecule is [2H]C([2H])([2H])[n+]1[c-]n(-c2cccc(-n3c4cc5c(cc4oc4ccccc4c4ccccc43)c3ccccc3n5-c3cc(C(C)(C)C)ccn3)c2)c2ccccc21. The standard InChI is InChI=1S/C47H37N5O/c1-47(2,3)31-24-25-48-46(26-31)52-39-20-9-6-17-35(39)37-28-45-43(29-42(37)52)51(38-19-8-5-16-34(38)36-18-7-12-23-44(36)53-45)33-15-13-14-32(27-33)50-30-49(4)40-21-10-11-22-41(40)50/h5-29H,1-4H3/i4D3. The Balaban J connectivity index is 1.36. The highest BCUT2D eigenvalue weighted by molar-refractivity contribution is 6.13. The summed E-state index contributed by atoms with van der Waals surface area (Å²) in [4.78, 5) is 4.94. The van der Waals surface area contributed by atoms with Gasteiger partial charge in [-0.3, -0.25) is 4.57 Å². The lowest BCUT2D eigenvalue weighted by Gasteiger charge is -2.20. The molecule has 4 heterocycles. The number of rotatable bonds is 3. The van der Waals surface area contributed by atoms with E-state index in [1.165, 1.54) is 10.1 Å². The molecule has 0 saturated carbocycles. The number of hydrogen-bond acceptors (Lipinski definition) is 2. The lowest BCUT2D eigenvalue weighted by Crippen LogP contribution is -2.26. The van der Waals surface area contributed by atoms with Crippen LogP contribution in [0.5, 0.6) is 0 Å². The summed E-state index contributed by atoms with van der Waals surface area (Å²) in [6.07, 6.45) is 5.05. The van der Waals surface area contributed by atoms with Crippen LogP contribution in [0, 0.1) is 6.33 Å². The molecule has 0 radical (unpaired) electrons. The van der Waals surface area contributed by atoms with E-state index in [4.69, 9.17) is 13.5 Å². The number of hydrogen-bond donors (Lipinski definition) is 0. The topological polar surface area (TPSA) is 44.7 Å². The van der Waals surface area contributed by atoms with Crippen LogP contribution in [-0.4, -0.2) is 18.7 Å². The summed E-state index contributed by atoms with van der Waals surface area (Å²) in [7, 11) is 0. The molecule has 0 N–H and O–H groups in total. The molecule has 0 aliphatic heterocycles. The van der Waals surface area contributed by atoms with Gasteiger partial charge in [0.25, 0.3) is 0 Å². The number of para-hydroxylation sites is 5. The first kappa shape index (κ1) is 28.0. The van der Waals surface area contributed by atoms with Gasteiger partial charge in [-0.1, -0.05) is 112 Å². The number of imidazole rings is 1. The minimum absolute atomic E-state index is 0.0657. The monoisotopic (exact) mass is 690 g/mol. The first-order valence-corrected chi connectivity index (χ1v) is 17.8. The quantitative estimate of drug-likeness (QED) is 0.137. The molecule has 0 aliphatic carbocycles. The summed E-state index contributed by atoms with van der Waals surface area (Å²) in [6.45, 7) is 4.25. The average molecular weight is 691 g/mol. The largest absolute Gasteiger partial charge is 0.454 e. The Hall–Kier alpha value is -6.66. The number of aryl methyl sites for hydroxylation is 1. The smallest absolute Gasteiger partial charge is 0.244 e. The molecule has 10 rings (SSSR count). The summed E-state index contributed by atoms with van der Waals surface area (Å²) < 4.78 is 39.3. The Kier molecular flexibility index (Phi) is 6.17. The van der Waals surface area contributed by atoms with Gasteiger partial charge in [0, 0.05) is 33.4 Å². The fraction of sp³-hybridized carbons (Fsp3) is 0.106. The zero-order chi connectivity index (χ0) is 38.3. The fourth-order valence-corrected chi connectivity index (χ4v) is 7.71. The summed E-state index contributed by atoms with van der Waals surface area (Å²) >= 11 is 0. The Morgan fingerprint density at radius 1 is 0.585 bits per heavy atom. The Morgan fingerprint density at radius 2 is 1.26 bits per heavy atom. The lowest BCUT2D eigenvalue weighted by atomic mass is 9.88. The molecule has 4 aromatic heterocycles. The van der Waals surface area contributed by atoms with Gasteiger partial charge in [0.1, 0.15) is 11.4 Å². The number of benzene rings is 6. The van der Waals surface area contributed by atoms with E-state index in [0.717, 1.165) is 71.9 Å². The molecule has 0 saturated heterocycles. The summed E-state index contributed by atoms with van der Waals surface area (Å²) in [5.41, 5.74) is 9.37. The molecular formula is C47H37N5O. The molecule has 0 amide bonds. The van der Waals surface area contributed by atoms with Gasteiger partial charge in [0.15, 0.2) is 5.58 Å². The molecule has 6 aromatic carbocycles. The molecule has 6 heteroatoms. The van der Waals surface area contributed by atoms with Gasteiger partial charge < -0.3 is 18.1 Å². The number of aromatic nitrogens is 5. The number of nitrogens with zero attached hydrogens (tertiary/aromatic N) is 5. The molecular weight excluding hydrogens is 651 g/mol. The van der Waals surface area contributed by atoms with Crippen molar-refractivity contribution in [1.29, 1.82) is 0 Å². The van der Waals surface area contributed by atoms with Crippen molar-refractivity contribution in [2.45, 2.75) is 26.2 Å². The van der Waals surface area contributed by atoms with Crippen molar-refractivity contribution in [3.63, 3.8) is 0 Å². The second-order valence-corrected chi connectivity index (χ2v) is 14.6. The van der Waals surface area contributed by atoms with E-state index in [1.807, 2.05) is 65.4 Å². The van der Waals surface area contributed by atoms with Crippen LogP contribution in [0.4, 0.5) is 0 Å². The highest BCUT2D eigenvalue weighted by Crippen LogP contribution is 2.38. The van der Waals surface area contributed by atoms with Crippen LogP contribution in [-0.2, 0) is 12.4 Å². The van der Waals surface area contributed by atoms with Crippen molar-refractivity contribution in [3.05, 3.63) is 164 Å². The summed E-state index contributed by atoms with van der Waals surface area (Å²) in [5, 5.41) is 4.13. The van der Waals surface area contributed by atoms with E-state index in [-0.39, 0.29) is 5.41 Å². The van der Waals surface area contributed by atoms with Crippen LogP contribution in [0.1, 0.15) is 30.4 Å². The Labute approximate surface area is 310 Å². The maximum Gasteiger partial charge on any atom is 0.244 e. The fourth-order valence-electron chi connectivity index (χ4n) is 7.71. The molecule has 10 aromatic rings. The van der Waals surface area contributed by atoms with Crippen molar-refractivity contribution in [2.75, 3.05) is 0 Å². The molecule has 53 heavy (non-hydrogen) atoms. The first-order chi connectivity index (χ1) is 27.0. The molecule has 0 spiro atoms. The maximum atomic E-state index is 8.25. The third kappa shape index (κ3) is 4.94. The maximum absolute atomic E-state index is 8.25. The van der Waals surface area contributed by atoms with Crippen LogP contribution >= 0.6 is 0 Å². The summed E-state index contributed by atoms with van der Waals surface area (Å²) in [6, 6.07) is 49.3. The predicted octanol–water partition coefficient (Wildman–Crippen LogP) is 11.0. The minimum Gasteiger partial charge on any atom is -0.454 e. The second-order valence-electron chi connectivity index (χ2n) is 14.6. The van der Waals surface area contributed by atoms with Crippen molar-refractivity contribution in [1.82, 2.24) is 18.7 Å². The molecule has 0 atom stereocenters. The zero-order valence-electron chi connectivity index (χ0n) is 32.6. The summed E-state index contributed by atoms with van der Waals surface area (Å²) in [5.74, 6) is 0.840. The zero-order valence-corrected chi connectivity index (χ0v) is 29.6. The van der Waals surface area contributed by atoms with Crippen LogP contribution in [0.3, 0.4) is 0 Å². The van der Waals surface area contributed by atoms with Gasteiger partial charge >= 0.3 is 0 Å². The van der Waals surface area contributed by atoms with Gasteiger partial charge in [0.05, 0.1) is 49.9 Å². The van der Waals surface area contributed by atoms with Gasteiger partial charge in [-0.15, -0.1) is 0 Å². The predicted molar refractivity (Wildman–Crippen MR) is 216 cm³/mol. The average Bonchev–Trinajstić information content (AvgIpc) is 3.74. The van der Waals surface area contributed by atoms with E-state index >= 15 is 0 Å². The highest BCUT2D eigenvalue weighted by atomic mass is 16.3. The molecule has 0 bridgehead atoms. The molecule has 6 nitrogen and oxygen atoms in total. The number of fused-ring (bicyclic) bond motifs is 8. The van der Waals surface area contributed by atoms with E-state index in [2.05, 4.69) is 127 Å². The van der Waals surface area contributed by atoms with Gasteiger partial charge in [-0.25, -0.2) is 4.98 Å². The van der Waals surface area contributed by atoms with Crippen molar-refractivity contribution >= 4 is 65.8 Å². The minimum atomic E-state index is -2.40. The van der Waals surface area contributed by atoms with Crippen LogP contribution in [0.15, 0.2) is 156 Å². The van der Waals surface area contributed by atoms with Gasteiger partial charge in [-0.2, -0.15) is 0 Å². The first-order valence-electron chi connectivity index (χ1n) is 19.3. The molecule has 0 aliphatic rings. The van der Waals surface area contributed by atoms with Crippen LogP contribution < -0.4 is 4.57 Å². The van der Waals surface area contributed by atoms with Crippen LogP contribution in [0.25, 0.3) is 83.0 Å². The number of pyridine rings is 1. The van der Waals surface area contributed by atoms with E-state index in [1.54, 1.807) is 0 Å². The van der Waals surface area contributed by atoms with Gasteiger partial charge in [-0.05, 0) is 65.6 Å². The van der Waals surface area contributed by atoms with E-state index in [9.17, 15) is 0 Å². The third-order valence-electron chi connectivity index (χ3n) is 10.3. The second kappa shape index (κ2) is 11.7. The molecule has 0 unspecified atom stereocenters. The van der Waals surface area contributed by atoms with Crippen molar-refractivity contribution < 1.29 is 13.1 Å². The lowest BCUT2D eigenvalue weighted by molar-refractivity contribution is -0.649. The Bertz CT molecular complexity index is 3250.